The molecule has 0 unspecified atom stereocenters. The van der Waals surface area contributed by atoms with Gasteiger partial charge in [-0.3, -0.25) is 0 Å². The number of nitrogens with one attached hydrogen (secondary N) is 1. The van der Waals surface area contributed by atoms with Crippen molar-refractivity contribution in [2.75, 3.05) is 37.5 Å². The quantitative estimate of drug-likeness (QED) is 0.723. The highest BCUT2D eigenvalue weighted by atomic mass is 16.7. The van der Waals surface area contributed by atoms with E-state index in [2.05, 4.69) is 22.3 Å². The van der Waals surface area contributed by atoms with E-state index in [1.807, 2.05) is 24.3 Å². The van der Waals surface area contributed by atoms with Gasteiger partial charge in [-0.15, -0.1) is 0 Å². The molecule has 0 radical (unpaired) electrons. The smallest absolute Gasteiger partial charge is 0.335 e. The predicted octanol–water partition coefficient (Wildman–Crippen LogP) is 3.76. The number of carbonyl (C=O) groups is 1. The van der Waals surface area contributed by atoms with Gasteiger partial charge in [-0.2, -0.15) is 0 Å². The molecule has 0 aromatic heterocycles. The lowest BCUT2D eigenvalue weighted by atomic mass is 10.0. The van der Waals surface area contributed by atoms with E-state index in [0.717, 1.165) is 42.9 Å². The van der Waals surface area contributed by atoms with Gasteiger partial charge in [-0.25, -0.2) is 4.79 Å². The standard InChI is InChI=1S/C21H26N2O4/c1-26-21(27-2)16-3-7-17(8-4-16)22-18-11-13-23(14-12-18)19-9-5-15(6-10-19)20(24)25/h3-10,18,21-22H,11-14H2,1-2H3,(H,24,25). The molecule has 0 aliphatic carbocycles. The molecule has 0 saturated carbocycles. The number of anilines is 2. The number of rotatable bonds is 7. The highest BCUT2D eigenvalue weighted by Gasteiger charge is 2.19. The fourth-order valence-electron chi connectivity index (χ4n) is 3.44. The van der Waals surface area contributed by atoms with Crippen LogP contribution in [0.3, 0.4) is 0 Å². The number of aromatic carboxylic acids is 1. The van der Waals surface area contributed by atoms with Gasteiger partial charge in [0.05, 0.1) is 5.56 Å². The highest BCUT2D eigenvalue weighted by molar-refractivity contribution is 5.88. The maximum absolute atomic E-state index is 11.0. The molecule has 1 saturated heterocycles. The van der Waals surface area contributed by atoms with Gasteiger partial charge in [0.2, 0.25) is 0 Å². The number of ether oxygens (including phenoxy) is 2. The average molecular weight is 370 g/mol. The van der Waals surface area contributed by atoms with Gasteiger partial charge >= 0.3 is 5.97 Å². The van der Waals surface area contributed by atoms with Gasteiger partial charge in [0.25, 0.3) is 0 Å². The zero-order valence-electron chi connectivity index (χ0n) is 15.7. The maximum atomic E-state index is 11.0. The summed E-state index contributed by atoms with van der Waals surface area (Å²) >= 11 is 0. The van der Waals surface area contributed by atoms with Gasteiger partial charge in [0.15, 0.2) is 6.29 Å². The Morgan fingerprint density at radius 2 is 1.63 bits per heavy atom. The van der Waals surface area contributed by atoms with Crippen LogP contribution in [0.15, 0.2) is 48.5 Å². The SMILES string of the molecule is COC(OC)c1ccc(NC2CCN(c3ccc(C(=O)O)cc3)CC2)cc1. The van der Waals surface area contributed by atoms with Crippen LogP contribution < -0.4 is 10.2 Å². The van der Waals surface area contributed by atoms with E-state index in [4.69, 9.17) is 14.6 Å². The first-order chi connectivity index (χ1) is 13.1. The molecule has 0 spiro atoms. The molecule has 27 heavy (non-hydrogen) atoms. The third kappa shape index (κ3) is 4.78. The van der Waals surface area contributed by atoms with E-state index in [-0.39, 0.29) is 6.29 Å². The van der Waals surface area contributed by atoms with Gasteiger partial charge in [-0.05, 0) is 49.2 Å². The van der Waals surface area contributed by atoms with Crippen molar-refractivity contribution in [3.63, 3.8) is 0 Å². The lowest BCUT2D eigenvalue weighted by Gasteiger charge is -2.34. The van der Waals surface area contributed by atoms with Gasteiger partial charge < -0.3 is 24.8 Å². The molecule has 144 valence electrons. The molecular weight excluding hydrogens is 344 g/mol. The number of hydrogen-bond donors (Lipinski definition) is 2. The topological polar surface area (TPSA) is 71.0 Å². The number of carboxylic acids is 1. The van der Waals surface area contributed by atoms with Crippen molar-refractivity contribution in [1.29, 1.82) is 0 Å². The third-order valence-corrected chi connectivity index (χ3v) is 4.96. The minimum Gasteiger partial charge on any atom is -0.478 e. The van der Waals surface area contributed by atoms with Crippen molar-refractivity contribution >= 4 is 17.3 Å². The Labute approximate surface area is 159 Å². The van der Waals surface area contributed by atoms with E-state index in [0.29, 0.717) is 11.6 Å². The first kappa shape index (κ1) is 19.2. The molecular formula is C21H26N2O4. The number of methoxy groups -OCH3 is 2. The molecule has 2 aromatic carbocycles. The molecule has 0 amide bonds. The van der Waals surface area contributed by atoms with Crippen molar-refractivity contribution in [3.8, 4) is 0 Å². The van der Waals surface area contributed by atoms with Crippen LogP contribution in [0.1, 0.15) is 35.1 Å². The molecule has 6 nitrogen and oxygen atoms in total. The maximum Gasteiger partial charge on any atom is 0.335 e. The molecule has 2 N–H and O–H groups in total. The van der Waals surface area contributed by atoms with Crippen LogP contribution >= 0.6 is 0 Å². The Hall–Kier alpha value is -2.57. The summed E-state index contributed by atoms with van der Waals surface area (Å²) in [6.07, 6.45) is 1.72. The molecule has 6 heteroatoms. The fourth-order valence-corrected chi connectivity index (χ4v) is 3.44. The van der Waals surface area contributed by atoms with Crippen molar-refractivity contribution in [1.82, 2.24) is 0 Å². The Morgan fingerprint density at radius 1 is 1.04 bits per heavy atom. The molecule has 0 bridgehead atoms. The highest BCUT2D eigenvalue weighted by Crippen LogP contribution is 2.24. The van der Waals surface area contributed by atoms with Crippen LogP contribution in [0, 0.1) is 0 Å². The molecule has 2 aromatic rings. The van der Waals surface area contributed by atoms with Crippen LogP contribution in [-0.4, -0.2) is 44.4 Å². The Morgan fingerprint density at radius 3 is 2.15 bits per heavy atom. The van der Waals surface area contributed by atoms with Crippen molar-refractivity contribution in [3.05, 3.63) is 59.7 Å². The molecule has 1 aliphatic rings. The number of carboxylic acid groups (broad SMARTS) is 1. The Bertz CT molecular complexity index is 734. The van der Waals surface area contributed by atoms with Crippen molar-refractivity contribution in [2.45, 2.75) is 25.2 Å². The normalized spacial score (nSPS) is 15.1. The van der Waals surface area contributed by atoms with Gasteiger partial charge in [0.1, 0.15) is 0 Å². The van der Waals surface area contributed by atoms with Gasteiger partial charge in [-0.1, -0.05) is 12.1 Å². The number of piperidine rings is 1. The average Bonchev–Trinajstić information content (AvgIpc) is 2.71. The number of hydrogen-bond acceptors (Lipinski definition) is 5. The van der Waals surface area contributed by atoms with Crippen molar-refractivity contribution < 1.29 is 19.4 Å². The molecule has 3 rings (SSSR count). The molecule has 1 heterocycles. The van der Waals surface area contributed by atoms with Crippen LogP contribution in [-0.2, 0) is 9.47 Å². The second kappa shape index (κ2) is 8.88. The first-order valence-electron chi connectivity index (χ1n) is 9.11. The van der Waals surface area contributed by atoms with Crippen LogP contribution in [0.2, 0.25) is 0 Å². The van der Waals surface area contributed by atoms with Crippen molar-refractivity contribution in [2.24, 2.45) is 0 Å². The molecule has 1 aliphatic heterocycles. The Kier molecular flexibility index (Phi) is 6.32. The van der Waals surface area contributed by atoms with E-state index < -0.39 is 5.97 Å². The fraction of sp³-hybridized carbons (Fsp3) is 0.381. The molecule has 0 atom stereocenters. The second-order valence-electron chi connectivity index (χ2n) is 6.68. The monoisotopic (exact) mass is 370 g/mol. The zero-order chi connectivity index (χ0) is 19.2. The largest absolute Gasteiger partial charge is 0.478 e. The summed E-state index contributed by atoms with van der Waals surface area (Å²) in [5, 5.41) is 12.6. The van der Waals surface area contributed by atoms with E-state index in [1.54, 1.807) is 26.4 Å². The van der Waals surface area contributed by atoms with Crippen LogP contribution in [0.4, 0.5) is 11.4 Å². The van der Waals surface area contributed by atoms with E-state index in [1.165, 1.54) is 0 Å². The third-order valence-electron chi connectivity index (χ3n) is 4.96. The van der Waals surface area contributed by atoms with E-state index in [9.17, 15) is 4.79 Å². The summed E-state index contributed by atoms with van der Waals surface area (Å²) < 4.78 is 10.5. The summed E-state index contributed by atoms with van der Waals surface area (Å²) in [4.78, 5) is 13.3. The Balaban J connectivity index is 1.52. The summed E-state index contributed by atoms with van der Waals surface area (Å²) in [5.41, 5.74) is 3.48. The molecule has 1 fully saturated rings. The summed E-state index contributed by atoms with van der Waals surface area (Å²) in [6, 6.07) is 15.7. The number of benzene rings is 2. The minimum absolute atomic E-state index is 0.322. The lowest BCUT2D eigenvalue weighted by molar-refractivity contribution is -0.106. The summed E-state index contributed by atoms with van der Waals surface area (Å²) in [5.74, 6) is -0.891. The number of nitrogens with zero attached hydrogens (tertiary/aromatic N) is 1. The zero-order valence-corrected chi connectivity index (χ0v) is 15.7. The van der Waals surface area contributed by atoms with Crippen LogP contribution in [0.5, 0.6) is 0 Å². The minimum atomic E-state index is -0.891. The summed E-state index contributed by atoms with van der Waals surface area (Å²) in [7, 11) is 3.26. The van der Waals surface area contributed by atoms with Gasteiger partial charge in [0, 0.05) is 50.3 Å². The van der Waals surface area contributed by atoms with E-state index >= 15 is 0 Å². The lowest BCUT2D eigenvalue weighted by Crippen LogP contribution is -2.39. The predicted molar refractivity (Wildman–Crippen MR) is 105 cm³/mol. The first-order valence-corrected chi connectivity index (χ1v) is 9.11. The van der Waals surface area contributed by atoms with Crippen LogP contribution in [0.25, 0.3) is 0 Å². The summed E-state index contributed by atoms with van der Waals surface area (Å²) in [6.45, 7) is 1.88. The second-order valence-corrected chi connectivity index (χ2v) is 6.68.